The van der Waals surface area contributed by atoms with Crippen LogP contribution in [0.2, 0.25) is 0 Å². The van der Waals surface area contributed by atoms with Crippen molar-refractivity contribution in [3.8, 4) is 11.5 Å². The maximum absolute atomic E-state index is 12.0. The number of hydrogen-bond donors (Lipinski definition) is 0. The third-order valence-corrected chi connectivity index (χ3v) is 4.99. The molecule has 0 radical (unpaired) electrons. The van der Waals surface area contributed by atoms with Crippen LogP contribution in [0.3, 0.4) is 0 Å². The number of rotatable bonds is 6. The first-order valence-electron chi connectivity index (χ1n) is 8.64. The monoisotopic (exact) mass is 383 g/mol. The van der Waals surface area contributed by atoms with Crippen LogP contribution in [0.1, 0.15) is 23.6 Å². The summed E-state index contributed by atoms with van der Waals surface area (Å²) >= 11 is 0.935. The summed E-state index contributed by atoms with van der Waals surface area (Å²) in [4.78, 5) is 25.2. The van der Waals surface area contributed by atoms with Gasteiger partial charge in [0, 0.05) is 7.05 Å². The second-order valence-corrected chi connectivity index (χ2v) is 7.15. The van der Waals surface area contributed by atoms with Crippen molar-refractivity contribution in [3.05, 3.63) is 64.1 Å². The lowest BCUT2D eigenvalue weighted by molar-refractivity contribution is -0.121. The highest BCUT2D eigenvalue weighted by molar-refractivity contribution is 8.18. The molecule has 140 valence electrons. The van der Waals surface area contributed by atoms with Crippen LogP contribution in [0.4, 0.5) is 4.79 Å². The average Bonchev–Trinajstić information content (AvgIpc) is 2.88. The smallest absolute Gasteiger partial charge is 0.293 e. The molecular formula is C21H21NO4S. The van der Waals surface area contributed by atoms with E-state index in [1.807, 2.05) is 50.2 Å². The molecule has 2 aromatic rings. The highest BCUT2D eigenvalue weighted by Gasteiger charge is 2.31. The van der Waals surface area contributed by atoms with Gasteiger partial charge < -0.3 is 9.47 Å². The van der Waals surface area contributed by atoms with Gasteiger partial charge in [-0.05, 0) is 54.9 Å². The van der Waals surface area contributed by atoms with Gasteiger partial charge in [0.15, 0.2) is 11.5 Å². The summed E-state index contributed by atoms with van der Waals surface area (Å²) in [7, 11) is 1.48. The van der Waals surface area contributed by atoms with E-state index in [2.05, 4.69) is 6.07 Å². The van der Waals surface area contributed by atoms with Gasteiger partial charge in [-0.25, -0.2) is 0 Å². The normalized spacial score (nSPS) is 15.5. The molecule has 1 aliphatic heterocycles. The molecule has 27 heavy (non-hydrogen) atoms. The van der Waals surface area contributed by atoms with Gasteiger partial charge >= 0.3 is 0 Å². The molecule has 6 heteroatoms. The van der Waals surface area contributed by atoms with E-state index in [9.17, 15) is 9.59 Å². The van der Waals surface area contributed by atoms with Crippen LogP contribution in [0.5, 0.6) is 11.5 Å². The molecule has 0 saturated carbocycles. The van der Waals surface area contributed by atoms with Crippen molar-refractivity contribution in [2.24, 2.45) is 0 Å². The lowest BCUT2D eigenvalue weighted by Gasteiger charge is -2.13. The second kappa shape index (κ2) is 8.31. The van der Waals surface area contributed by atoms with Crippen LogP contribution in [0.15, 0.2) is 47.4 Å². The number of hydrogen-bond acceptors (Lipinski definition) is 5. The van der Waals surface area contributed by atoms with Crippen LogP contribution in [-0.2, 0) is 11.4 Å². The van der Waals surface area contributed by atoms with Crippen molar-refractivity contribution < 1.29 is 19.1 Å². The van der Waals surface area contributed by atoms with E-state index in [1.165, 1.54) is 12.6 Å². The predicted molar refractivity (Wildman–Crippen MR) is 107 cm³/mol. The Labute approximate surface area is 163 Å². The van der Waals surface area contributed by atoms with Crippen molar-refractivity contribution in [1.29, 1.82) is 0 Å². The third kappa shape index (κ3) is 4.52. The van der Waals surface area contributed by atoms with E-state index in [-0.39, 0.29) is 11.1 Å². The van der Waals surface area contributed by atoms with Gasteiger partial charge in [-0.2, -0.15) is 0 Å². The van der Waals surface area contributed by atoms with E-state index in [4.69, 9.17) is 9.47 Å². The molecule has 3 rings (SSSR count). The zero-order valence-electron chi connectivity index (χ0n) is 15.5. The average molecular weight is 383 g/mol. The lowest BCUT2D eigenvalue weighted by Crippen LogP contribution is -2.22. The Morgan fingerprint density at radius 3 is 2.56 bits per heavy atom. The van der Waals surface area contributed by atoms with Crippen LogP contribution >= 0.6 is 11.8 Å². The Hall–Kier alpha value is -2.73. The largest absolute Gasteiger partial charge is 0.490 e. The molecule has 0 aromatic heterocycles. The van der Waals surface area contributed by atoms with Gasteiger partial charge in [0.25, 0.3) is 11.1 Å². The highest BCUT2D eigenvalue weighted by atomic mass is 32.2. The number of imide groups is 1. The number of likely N-dealkylation sites (N-methyl/N-ethyl adjacent to an activating group) is 1. The summed E-state index contributed by atoms with van der Waals surface area (Å²) in [5.41, 5.74) is 3.04. The molecule has 2 amide bonds. The van der Waals surface area contributed by atoms with Crippen molar-refractivity contribution >= 4 is 29.0 Å². The summed E-state index contributed by atoms with van der Waals surface area (Å²) in [6.07, 6.45) is 1.70. The Morgan fingerprint density at radius 1 is 1.07 bits per heavy atom. The van der Waals surface area contributed by atoms with Gasteiger partial charge in [0.1, 0.15) is 6.61 Å². The fraction of sp³-hybridized carbons (Fsp3) is 0.238. The Balaban J connectivity index is 1.80. The molecule has 0 bridgehead atoms. The van der Waals surface area contributed by atoms with E-state index >= 15 is 0 Å². The fourth-order valence-electron chi connectivity index (χ4n) is 2.66. The lowest BCUT2D eigenvalue weighted by atomic mass is 10.1. The van der Waals surface area contributed by atoms with E-state index in [0.29, 0.717) is 29.6 Å². The van der Waals surface area contributed by atoms with E-state index in [1.54, 1.807) is 6.08 Å². The Bertz CT molecular complexity index is 907. The number of carbonyl (C=O) groups is 2. The molecule has 1 heterocycles. The fourth-order valence-corrected chi connectivity index (χ4v) is 3.49. The van der Waals surface area contributed by atoms with Crippen LogP contribution in [-0.4, -0.2) is 29.7 Å². The topological polar surface area (TPSA) is 55.8 Å². The summed E-state index contributed by atoms with van der Waals surface area (Å²) in [6.45, 7) is 4.88. The summed E-state index contributed by atoms with van der Waals surface area (Å²) in [6, 6.07) is 13.6. The van der Waals surface area contributed by atoms with Crippen molar-refractivity contribution in [2.45, 2.75) is 20.5 Å². The number of nitrogens with zero attached hydrogens (tertiary/aromatic N) is 1. The van der Waals surface area contributed by atoms with Gasteiger partial charge in [-0.15, -0.1) is 0 Å². The minimum atomic E-state index is -0.289. The van der Waals surface area contributed by atoms with Crippen molar-refractivity contribution in [2.75, 3.05) is 13.7 Å². The quantitative estimate of drug-likeness (QED) is 0.680. The molecule has 0 spiro atoms. The van der Waals surface area contributed by atoms with Crippen molar-refractivity contribution in [1.82, 2.24) is 4.90 Å². The maximum atomic E-state index is 12.0. The minimum absolute atomic E-state index is 0.269. The molecule has 0 N–H and O–H groups in total. The standard InChI is InChI=1S/C21H21NO4S/c1-4-25-18-11-15(12-19-20(23)22(3)21(24)27-19)8-9-17(18)26-13-16-7-5-6-14(2)10-16/h5-12H,4,13H2,1-3H3. The van der Waals surface area contributed by atoms with Crippen LogP contribution < -0.4 is 9.47 Å². The van der Waals surface area contributed by atoms with Crippen molar-refractivity contribution in [3.63, 3.8) is 0 Å². The van der Waals surface area contributed by atoms with E-state index in [0.717, 1.165) is 27.8 Å². The zero-order valence-corrected chi connectivity index (χ0v) is 16.3. The predicted octanol–water partition coefficient (Wildman–Crippen LogP) is 4.64. The Morgan fingerprint density at radius 2 is 1.89 bits per heavy atom. The van der Waals surface area contributed by atoms with Gasteiger partial charge in [-0.3, -0.25) is 14.5 Å². The Kier molecular flexibility index (Phi) is 5.86. The minimum Gasteiger partial charge on any atom is -0.490 e. The molecule has 2 aromatic carbocycles. The molecule has 0 unspecified atom stereocenters. The number of aryl methyl sites for hydroxylation is 1. The number of amides is 2. The molecular weight excluding hydrogens is 362 g/mol. The molecule has 0 atom stereocenters. The summed E-state index contributed by atoms with van der Waals surface area (Å²) in [5.74, 6) is 0.955. The molecule has 1 aliphatic rings. The first kappa shape index (κ1) is 19.0. The summed E-state index contributed by atoms with van der Waals surface area (Å²) in [5, 5.41) is -0.269. The molecule has 0 aliphatic carbocycles. The number of benzene rings is 2. The zero-order chi connectivity index (χ0) is 19.4. The molecule has 1 fully saturated rings. The first-order chi connectivity index (χ1) is 13.0. The van der Waals surface area contributed by atoms with Gasteiger partial charge in [-0.1, -0.05) is 35.9 Å². The van der Waals surface area contributed by atoms with Crippen LogP contribution in [0, 0.1) is 6.92 Å². The van der Waals surface area contributed by atoms with Gasteiger partial charge in [0.05, 0.1) is 11.5 Å². The second-order valence-electron chi connectivity index (χ2n) is 6.16. The highest BCUT2D eigenvalue weighted by Crippen LogP contribution is 2.34. The first-order valence-corrected chi connectivity index (χ1v) is 9.46. The number of thioether (sulfide) groups is 1. The SMILES string of the molecule is CCOc1cc(C=C2SC(=O)N(C)C2=O)ccc1OCc1cccc(C)c1. The number of ether oxygens (including phenoxy) is 2. The molecule has 5 nitrogen and oxygen atoms in total. The van der Waals surface area contributed by atoms with Crippen LogP contribution in [0.25, 0.3) is 6.08 Å². The van der Waals surface area contributed by atoms with Gasteiger partial charge in [0.2, 0.25) is 0 Å². The number of carbonyl (C=O) groups excluding carboxylic acids is 2. The third-order valence-electron chi connectivity index (χ3n) is 4.03. The summed E-state index contributed by atoms with van der Waals surface area (Å²) < 4.78 is 11.6. The maximum Gasteiger partial charge on any atom is 0.293 e. The van der Waals surface area contributed by atoms with E-state index < -0.39 is 0 Å². The molecule has 1 saturated heterocycles.